The van der Waals surface area contributed by atoms with Crippen LogP contribution in [0.1, 0.15) is 24.5 Å². The first-order valence-corrected chi connectivity index (χ1v) is 14.8. The van der Waals surface area contributed by atoms with E-state index in [9.17, 15) is 18.0 Å². The van der Waals surface area contributed by atoms with Gasteiger partial charge in [0.2, 0.25) is 21.8 Å². The molecule has 10 heteroatoms. The first-order chi connectivity index (χ1) is 18.1. The Kier molecular flexibility index (Phi) is 10.6. The highest BCUT2D eigenvalue weighted by Crippen LogP contribution is 2.27. The van der Waals surface area contributed by atoms with Crippen LogP contribution in [0.15, 0.2) is 78.9 Å². The van der Waals surface area contributed by atoms with Crippen molar-refractivity contribution in [2.24, 2.45) is 0 Å². The summed E-state index contributed by atoms with van der Waals surface area (Å²) < 4.78 is 26.5. The molecule has 0 aliphatic carbocycles. The molecule has 0 aromatic heterocycles. The number of halogens is 2. The fourth-order valence-electron chi connectivity index (χ4n) is 4.00. The van der Waals surface area contributed by atoms with Crippen LogP contribution in [0.5, 0.6) is 0 Å². The van der Waals surface area contributed by atoms with Gasteiger partial charge in [-0.15, -0.1) is 0 Å². The van der Waals surface area contributed by atoms with Gasteiger partial charge in [-0.3, -0.25) is 13.9 Å². The average molecular weight is 577 g/mol. The standard InChI is InChI=1S/C28H31Cl2N3O4S/c1-3-14-31-28(35)26(15-21-10-6-4-7-11-21)32(19-22-12-8-5-9-13-22)27(34)20-33(38(2,36)37)25-17-23(29)16-24(30)18-25/h4-13,16-18,26H,3,14-15,19-20H2,1-2H3,(H,31,35)/t26-/m1/s1. The highest BCUT2D eigenvalue weighted by molar-refractivity contribution is 7.92. The average Bonchev–Trinajstić information content (AvgIpc) is 2.87. The Balaban J connectivity index is 2.04. The van der Waals surface area contributed by atoms with Gasteiger partial charge in [0.1, 0.15) is 12.6 Å². The number of amides is 2. The van der Waals surface area contributed by atoms with Crippen LogP contribution in [-0.2, 0) is 32.6 Å². The van der Waals surface area contributed by atoms with Crippen molar-refractivity contribution in [3.8, 4) is 0 Å². The molecule has 0 radical (unpaired) electrons. The molecular formula is C28H31Cl2N3O4S. The summed E-state index contributed by atoms with van der Waals surface area (Å²) in [6.07, 6.45) is 2.00. The minimum Gasteiger partial charge on any atom is -0.354 e. The Morgan fingerprint density at radius 1 is 0.895 bits per heavy atom. The zero-order valence-corrected chi connectivity index (χ0v) is 23.6. The molecule has 2 amide bonds. The lowest BCUT2D eigenvalue weighted by atomic mass is 10.0. The minimum atomic E-state index is -3.90. The first kappa shape index (κ1) is 29.5. The van der Waals surface area contributed by atoms with Gasteiger partial charge >= 0.3 is 0 Å². The van der Waals surface area contributed by atoms with Gasteiger partial charge in [-0.25, -0.2) is 8.42 Å². The highest BCUT2D eigenvalue weighted by Gasteiger charge is 2.33. The Labute approximate surface area is 234 Å². The van der Waals surface area contributed by atoms with E-state index in [-0.39, 0.29) is 34.6 Å². The smallest absolute Gasteiger partial charge is 0.244 e. The van der Waals surface area contributed by atoms with Crippen LogP contribution in [-0.4, -0.2) is 50.5 Å². The Morgan fingerprint density at radius 2 is 1.45 bits per heavy atom. The van der Waals surface area contributed by atoms with Crippen LogP contribution < -0.4 is 9.62 Å². The van der Waals surface area contributed by atoms with Gasteiger partial charge in [0.25, 0.3) is 0 Å². The second kappa shape index (κ2) is 13.6. The molecule has 0 unspecified atom stereocenters. The van der Waals surface area contributed by atoms with E-state index in [0.29, 0.717) is 6.54 Å². The second-order valence-corrected chi connectivity index (χ2v) is 11.7. The van der Waals surface area contributed by atoms with E-state index < -0.39 is 28.5 Å². The third-order valence-electron chi connectivity index (χ3n) is 5.83. The minimum absolute atomic E-state index is 0.116. The van der Waals surface area contributed by atoms with Crippen molar-refractivity contribution in [3.05, 3.63) is 100 Å². The van der Waals surface area contributed by atoms with E-state index in [1.165, 1.54) is 23.1 Å². The molecule has 0 heterocycles. The topological polar surface area (TPSA) is 86.8 Å². The maximum absolute atomic E-state index is 13.9. The fraction of sp³-hybridized carbons (Fsp3) is 0.286. The molecule has 0 saturated carbocycles. The Hall–Kier alpha value is -3.07. The van der Waals surface area contributed by atoms with Crippen molar-refractivity contribution < 1.29 is 18.0 Å². The van der Waals surface area contributed by atoms with E-state index in [0.717, 1.165) is 28.1 Å². The Bertz CT molecular complexity index is 1320. The van der Waals surface area contributed by atoms with Gasteiger partial charge in [-0.2, -0.15) is 0 Å². The van der Waals surface area contributed by atoms with Crippen molar-refractivity contribution in [3.63, 3.8) is 0 Å². The van der Waals surface area contributed by atoms with Crippen molar-refractivity contribution in [1.29, 1.82) is 0 Å². The zero-order valence-electron chi connectivity index (χ0n) is 21.3. The van der Waals surface area contributed by atoms with Gasteiger partial charge in [-0.1, -0.05) is 90.8 Å². The number of hydrogen-bond acceptors (Lipinski definition) is 4. The summed E-state index contributed by atoms with van der Waals surface area (Å²) in [7, 11) is -3.90. The van der Waals surface area contributed by atoms with Crippen LogP contribution in [0.4, 0.5) is 5.69 Å². The SMILES string of the molecule is CCCNC(=O)[C@@H](Cc1ccccc1)N(Cc1ccccc1)C(=O)CN(c1cc(Cl)cc(Cl)c1)S(C)(=O)=O. The molecule has 0 saturated heterocycles. The summed E-state index contributed by atoms with van der Waals surface area (Å²) in [5, 5.41) is 3.37. The van der Waals surface area contributed by atoms with Gasteiger partial charge in [0.05, 0.1) is 11.9 Å². The number of sulfonamides is 1. The zero-order chi connectivity index (χ0) is 27.7. The molecule has 7 nitrogen and oxygen atoms in total. The molecule has 3 rings (SSSR count). The molecule has 1 atom stereocenters. The summed E-state index contributed by atoms with van der Waals surface area (Å²) >= 11 is 12.3. The van der Waals surface area contributed by atoms with Crippen molar-refractivity contribution in [2.75, 3.05) is 23.7 Å². The lowest BCUT2D eigenvalue weighted by Gasteiger charge is -2.33. The summed E-state index contributed by atoms with van der Waals surface area (Å²) in [5.41, 5.74) is 1.84. The maximum atomic E-state index is 13.9. The molecule has 0 bridgehead atoms. The highest BCUT2D eigenvalue weighted by atomic mass is 35.5. The molecule has 0 spiro atoms. The van der Waals surface area contributed by atoms with Crippen molar-refractivity contribution >= 4 is 50.7 Å². The number of hydrogen-bond donors (Lipinski definition) is 1. The van der Waals surface area contributed by atoms with Crippen LogP contribution in [0, 0.1) is 0 Å². The quantitative estimate of drug-likeness (QED) is 0.332. The summed E-state index contributed by atoms with van der Waals surface area (Å²) in [5.74, 6) is -0.848. The lowest BCUT2D eigenvalue weighted by molar-refractivity contribution is -0.140. The molecule has 202 valence electrons. The largest absolute Gasteiger partial charge is 0.354 e. The van der Waals surface area contributed by atoms with Crippen molar-refractivity contribution in [1.82, 2.24) is 10.2 Å². The predicted octanol–water partition coefficient (Wildman–Crippen LogP) is 4.93. The molecule has 3 aromatic carbocycles. The number of anilines is 1. The van der Waals surface area contributed by atoms with Gasteiger partial charge in [-0.05, 0) is 35.7 Å². The fourth-order valence-corrected chi connectivity index (χ4v) is 5.34. The van der Waals surface area contributed by atoms with Gasteiger partial charge in [0.15, 0.2) is 0 Å². The third kappa shape index (κ3) is 8.48. The number of carbonyl (C=O) groups is 2. The van der Waals surface area contributed by atoms with E-state index >= 15 is 0 Å². The van der Waals surface area contributed by atoms with E-state index in [4.69, 9.17) is 23.2 Å². The summed E-state index contributed by atoms with van der Waals surface area (Å²) in [4.78, 5) is 28.8. The van der Waals surface area contributed by atoms with Gasteiger partial charge in [0, 0.05) is 29.6 Å². The van der Waals surface area contributed by atoms with E-state index in [1.54, 1.807) is 0 Å². The van der Waals surface area contributed by atoms with Crippen LogP contribution in [0.3, 0.4) is 0 Å². The predicted molar refractivity (Wildman–Crippen MR) is 153 cm³/mol. The number of benzene rings is 3. The molecule has 3 aromatic rings. The normalized spacial score (nSPS) is 12.0. The van der Waals surface area contributed by atoms with Crippen molar-refractivity contribution in [2.45, 2.75) is 32.4 Å². The van der Waals surface area contributed by atoms with E-state index in [1.807, 2.05) is 67.6 Å². The van der Waals surface area contributed by atoms with E-state index in [2.05, 4.69) is 5.32 Å². The molecule has 0 aliphatic heterocycles. The second-order valence-electron chi connectivity index (χ2n) is 8.90. The molecule has 0 fully saturated rings. The van der Waals surface area contributed by atoms with Crippen LogP contribution >= 0.6 is 23.2 Å². The summed E-state index contributed by atoms with van der Waals surface area (Å²) in [6.45, 7) is 1.98. The molecule has 0 aliphatic rings. The monoisotopic (exact) mass is 575 g/mol. The number of carbonyl (C=O) groups excluding carboxylic acids is 2. The number of rotatable bonds is 12. The number of nitrogens with zero attached hydrogens (tertiary/aromatic N) is 2. The Morgan fingerprint density at radius 3 is 1.97 bits per heavy atom. The lowest BCUT2D eigenvalue weighted by Crippen LogP contribution is -2.53. The summed E-state index contributed by atoms with van der Waals surface area (Å²) in [6, 6.07) is 22.1. The number of nitrogens with one attached hydrogen (secondary N) is 1. The van der Waals surface area contributed by atoms with Crippen LogP contribution in [0.25, 0.3) is 0 Å². The third-order valence-corrected chi connectivity index (χ3v) is 7.41. The molecule has 1 N–H and O–H groups in total. The molecular weight excluding hydrogens is 545 g/mol. The molecule has 38 heavy (non-hydrogen) atoms. The maximum Gasteiger partial charge on any atom is 0.244 e. The first-order valence-electron chi connectivity index (χ1n) is 12.2. The van der Waals surface area contributed by atoms with Crippen LogP contribution in [0.2, 0.25) is 10.0 Å². The van der Waals surface area contributed by atoms with Gasteiger partial charge < -0.3 is 10.2 Å².